The average molecular weight is 405 g/mol. The van der Waals surface area contributed by atoms with Crippen LogP contribution >= 0.6 is 0 Å². The molecular formula is C19H23N3O7. The molecule has 0 aromatic carbocycles. The molecule has 1 aromatic heterocycles. The van der Waals surface area contributed by atoms with E-state index >= 15 is 0 Å². The number of carbonyl (C=O) groups is 3. The van der Waals surface area contributed by atoms with Crippen LogP contribution in [0.3, 0.4) is 0 Å². The maximum atomic E-state index is 12.4. The van der Waals surface area contributed by atoms with Gasteiger partial charge in [-0.15, -0.1) is 0 Å². The highest BCUT2D eigenvalue weighted by Gasteiger charge is 2.35. The zero-order valence-corrected chi connectivity index (χ0v) is 15.7. The summed E-state index contributed by atoms with van der Waals surface area (Å²) in [5.41, 5.74) is 0.399. The van der Waals surface area contributed by atoms with Crippen LogP contribution in [-0.4, -0.2) is 76.8 Å². The number of ether oxygens (including phenoxy) is 2. The van der Waals surface area contributed by atoms with Crippen LogP contribution in [0.25, 0.3) is 0 Å². The Morgan fingerprint density at radius 2 is 1.69 bits per heavy atom. The Labute approximate surface area is 167 Å². The van der Waals surface area contributed by atoms with Crippen molar-refractivity contribution >= 4 is 17.8 Å². The molecule has 3 saturated heterocycles. The van der Waals surface area contributed by atoms with Gasteiger partial charge in [0.15, 0.2) is 11.5 Å². The van der Waals surface area contributed by atoms with Crippen molar-refractivity contribution in [3.8, 4) is 11.5 Å². The molecule has 0 spiro atoms. The van der Waals surface area contributed by atoms with Crippen LogP contribution in [0, 0.1) is 5.92 Å². The Morgan fingerprint density at radius 3 is 2.24 bits per heavy atom. The van der Waals surface area contributed by atoms with Crippen molar-refractivity contribution in [2.24, 2.45) is 5.92 Å². The van der Waals surface area contributed by atoms with Gasteiger partial charge in [0.1, 0.15) is 18.9 Å². The summed E-state index contributed by atoms with van der Waals surface area (Å²) in [6.45, 7) is 4.33. The Balaban J connectivity index is 0.000000258. The smallest absolute Gasteiger partial charge is 0.328 e. The molecule has 1 aromatic rings. The first kappa shape index (κ1) is 20.6. The molecule has 4 aliphatic rings. The number of pyridine rings is 1. The number of hydrogen-bond donors (Lipinski definition) is 3. The fourth-order valence-corrected chi connectivity index (χ4v) is 3.59. The zero-order valence-electron chi connectivity index (χ0n) is 15.7. The Bertz CT molecular complexity index is 787. The molecule has 1 amide bonds. The molecule has 2 bridgehead atoms. The average Bonchev–Trinajstić information content (AvgIpc) is 2.73. The van der Waals surface area contributed by atoms with Gasteiger partial charge in [0, 0.05) is 30.8 Å². The molecule has 4 aliphatic heterocycles. The van der Waals surface area contributed by atoms with E-state index in [9.17, 15) is 14.4 Å². The number of piperidine rings is 3. The molecule has 0 aliphatic carbocycles. The maximum Gasteiger partial charge on any atom is 0.328 e. The van der Waals surface area contributed by atoms with Gasteiger partial charge >= 0.3 is 11.9 Å². The molecule has 0 radical (unpaired) electrons. The first-order valence-corrected chi connectivity index (χ1v) is 9.35. The molecule has 3 fully saturated rings. The molecule has 156 valence electrons. The lowest BCUT2D eigenvalue weighted by atomic mass is 9.84. The van der Waals surface area contributed by atoms with E-state index in [2.05, 4.69) is 15.2 Å². The van der Waals surface area contributed by atoms with Crippen molar-refractivity contribution in [2.45, 2.75) is 18.9 Å². The molecular weight excluding hydrogens is 382 g/mol. The number of carboxylic acids is 2. The SMILES string of the molecule is O=C(N[C@H]1CN2CCC1CC2)c1cc2c(cn1)OCCO2.O=C(O)C=CC(=O)O. The van der Waals surface area contributed by atoms with Crippen LogP contribution in [0.1, 0.15) is 23.3 Å². The monoisotopic (exact) mass is 405 g/mol. The molecule has 29 heavy (non-hydrogen) atoms. The molecule has 5 heterocycles. The summed E-state index contributed by atoms with van der Waals surface area (Å²) in [7, 11) is 0. The molecule has 1 atom stereocenters. The normalized spacial score (nSPS) is 24.3. The Hall–Kier alpha value is -3.14. The van der Waals surface area contributed by atoms with Gasteiger partial charge in [-0.25, -0.2) is 14.6 Å². The van der Waals surface area contributed by atoms with Gasteiger partial charge in [-0.1, -0.05) is 0 Å². The third-order valence-electron chi connectivity index (χ3n) is 5.00. The van der Waals surface area contributed by atoms with E-state index in [-0.39, 0.29) is 11.9 Å². The Morgan fingerprint density at radius 1 is 1.07 bits per heavy atom. The predicted octanol–water partition coefficient (Wildman–Crippen LogP) is 0.389. The topological polar surface area (TPSA) is 138 Å². The minimum absolute atomic E-state index is 0.120. The zero-order chi connectivity index (χ0) is 20.8. The summed E-state index contributed by atoms with van der Waals surface area (Å²) in [4.78, 5) is 38.1. The number of fused-ring (bicyclic) bond motifs is 4. The number of aromatic nitrogens is 1. The van der Waals surface area contributed by atoms with Crippen LogP contribution in [0.4, 0.5) is 0 Å². The third-order valence-corrected chi connectivity index (χ3v) is 5.00. The summed E-state index contributed by atoms with van der Waals surface area (Å²) in [6, 6.07) is 1.92. The van der Waals surface area contributed by atoms with Gasteiger partial charge in [0.25, 0.3) is 5.91 Å². The van der Waals surface area contributed by atoms with Crippen molar-refractivity contribution in [3.63, 3.8) is 0 Å². The number of nitrogens with zero attached hydrogens (tertiary/aromatic N) is 2. The first-order chi connectivity index (χ1) is 13.9. The molecule has 3 N–H and O–H groups in total. The van der Waals surface area contributed by atoms with Crippen molar-refractivity contribution in [2.75, 3.05) is 32.8 Å². The number of carbonyl (C=O) groups excluding carboxylic acids is 1. The van der Waals surface area contributed by atoms with Gasteiger partial charge in [0.05, 0.1) is 6.20 Å². The maximum absolute atomic E-state index is 12.4. The minimum atomic E-state index is -1.26. The number of nitrogens with one attached hydrogen (secondary N) is 1. The van der Waals surface area contributed by atoms with E-state index < -0.39 is 11.9 Å². The summed E-state index contributed by atoms with van der Waals surface area (Å²) in [5, 5.41) is 18.8. The van der Waals surface area contributed by atoms with E-state index in [4.69, 9.17) is 19.7 Å². The number of carboxylic acid groups (broad SMARTS) is 2. The van der Waals surface area contributed by atoms with Gasteiger partial charge in [-0.05, 0) is 31.8 Å². The molecule has 10 nitrogen and oxygen atoms in total. The van der Waals surface area contributed by atoms with Gasteiger partial charge in [-0.2, -0.15) is 0 Å². The summed E-state index contributed by atoms with van der Waals surface area (Å²) in [6.07, 6.45) is 5.05. The van der Waals surface area contributed by atoms with Crippen molar-refractivity contribution < 1.29 is 34.1 Å². The van der Waals surface area contributed by atoms with E-state index in [0.717, 1.165) is 6.54 Å². The lowest BCUT2D eigenvalue weighted by molar-refractivity contribution is -0.134. The molecule has 10 heteroatoms. The number of amides is 1. The van der Waals surface area contributed by atoms with Gasteiger partial charge in [0.2, 0.25) is 0 Å². The Kier molecular flexibility index (Phi) is 6.65. The second-order valence-corrected chi connectivity index (χ2v) is 6.94. The van der Waals surface area contributed by atoms with Crippen molar-refractivity contribution in [1.82, 2.24) is 15.2 Å². The second-order valence-electron chi connectivity index (χ2n) is 6.94. The highest BCUT2D eigenvalue weighted by Crippen LogP contribution is 2.30. The fourth-order valence-electron chi connectivity index (χ4n) is 3.59. The van der Waals surface area contributed by atoms with E-state index in [1.165, 1.54) is 25.9 Å². The van der Waals surface area contributed by atoms with Gasteiger partial charge < -0.3 is 29.9 Å². The van der Waals surface area contributed by atoms with Crippen LogP contribution in [0.5, 0.6) is 11.5 Å². The lowest BCUT2D eigenvalue weighted by Gasteiger charge is -2.44. The minimum Gasteiger partial charge on any atom is -0.486 e. The second kappa shape index (κ2) is 9.37. The van der Waals surface area contributed by atoms with Crippen molar-refractivity contribution in [3.05, 3.63) is 30.1 Å². The third kappa shape index (κ3) is 5.67. The fraction of sp³-hybridized carbons (Fsp3) is 0.474. The summed E-state index contributed by atoms with van der Waals surface area (Å²) >= 11 is 0. The molecule has 0 saturated carbocycles. The highest BCUT2D eigenvalue weighted by atomic mass is 16.6. The number of aliphatic carboxylic acids is 2. The van der Waals surface area contributed by atoms with Gasteiger partial charge in [-0.3, -0.25) is 4.79 Å². The quantitative estimate of drug-likeness (QED) is 0.607. The molecule has 0 unspecified atom stereocenters. The predicted molar refractivity (Wildman–Crippen MR) is 100 cm³/mol. The number of rotatable bonds is 4. The lowest BCUT2D eigenvalue weighted by Crippen LogP contribution is -2.57. The van der Waals surface area contributed by atoms with Crippen LogP contribution < -0.4 is 14.8 Å². The van der Waals surface area contributed by atoms with E-state index in [0.29, 0.717) is 48.5 Å². The largest absolute Gasteiger partial charge is 0.486 e. The van der Waals surface area contributed by atoms with Crippen molar-refractivity contribution in [1.29, 1.82) is 0 Å². The van der Waals surface area contributed by atoms with Crippen LogP contribution in [-0.2, 0) is 9.59 Å². The first-order valence-electron chi connectivity index (χ1n) is 9.35. The van der Waals surface area contributed by atoms with Crippen LogP contribution in [0.15, 0.2) is 24.4 Å². The van der Waals surface area contributed by atoms with Crippen LogP contribution in [0.2, 0.25) is 0 Å². The van der Waals surface area contributed by atoms with E-state index in [1.807, 2.05) is 0 Å². The van der Waals surface area contributed by atoms with E-state index in [1.54, 1.807) is 12.3 Å². The molecule has 5 rings (SSSR count). The summed E-state index contributed by atoms with van der Waals surface area (Å²) in [5.74, 6) is -0.808. The number of hydrogen-bond acceptors (Lipinski definition) is 7. The summed E-state index contributed by atoms with van der Waals surface area (Å²) < 4.78 is 10.9. The standard InChI is InChI=1S/C15H19N3O3.C4H4O4/c19-15(17-12-9-18-3-1-10(12)2-4-18)11-7-13-14(8-16-11)21-6-5-20-13;5-3(6)1-2-4(7)8/h7-8,10,12H,1-6,9H2,(H,17,19);1-2H,(H,5,6)(H,7,8)/t12-;/m0./s1. The highest BCUT2D eigenvalue weighted by molar-refractivity contribution is 5.93.